The van der Waals surface area contributed by atoms with Crippen LogP contribution < -0.4 is 5.73 Å². The maximum absolute atomic E-state index is 6.06. The van der Waals surface area contributed by atoms with Crippen molar-refractivity contribution < 1.29 is 9.15 Å². The van der Waals surface area contributed by atoms with E-state index in [2.05, 4.69) is 0 Å². The summed E-state index contributed by atoms with van der Waals surface area (Å²) in [6.45, 7) is 1.66. The highest BCUT2D eigenvalue weighted by Gasteiger charge is 2.23. The van der Waals surface area contributed by atoms with Gasteiger partial charge in [0.25, 0.3) is 0 Å². The predicted molar refractivity (Wildman–Crippen MR) is 56.4 cm³/mol. The van der Waals surface area contributed by atoms with Gasteiger partial charge >= 0.3 is 0 Å². The fraction of sp³-hybridized carbons (Fsp3) is 0.600. The number of furan rings is 1. The lowest BCUT2D eigenvalue weighted by Gasteiger charge is -2.26. The lowest BCUT2D eigenvalue weighted by atomic mass is 9.91. The van der Waals surface area contributed by atoms with Gasteiger partial charge in [-0.3, -0.25) is 0 Å². The Bertz CT molecular complexity index is 245. The molecule has 0 saturated carbocycles. The summed E-state index contributed by atoms with van der Waals surface area (Å²) in [7, 11) is 0. The van der Waals surface area contributed by atoms with Crippen molar-refractivity contribution in [2.24, 2.45) is 11.7 Å². The molecule has 2 rings (SSSR count). The Morgan fingerprint density at radius 2 is 2.07 bits per heavy atom. The van der Waals surface area contributed by atoms with Crippen molar-refractivity contribution in [3.63, 3.8) is 0 Å². The highest BCUT2D eigenvalue weighted by atomic mass is 35.5. The number of nitrogens with two attached hydrogens (primary N) is 1. The molecular weight excluding hydrogens is 202 g/mol. The van der Waals surface area contributed by atoms with Crippen molar-refractivity contribution in [2.45, 2.75) is 18.9 Å². The zero-order valence-electron chi connectivity index (χ0n) is 8.02. The molecule has 14 heavy (non-hydrogen) atoms. The lowest BCUT2D eigenvalue weighted by Crippen LogP contribution is -2.27. The van der Waals surface area contributed by atoms with Gasteiger partial charge in [0.1, 0.15) is 5.76 Å². The first-order chi connectivity index (χ1) is 6.38. The maximum atomic E-state index is 6.06. The second kappa shape index (κ2) is 5.39. The number of hydrogen-bond acceptors (Lipinski definition) is 3. The summed E-state index contributed by atoms with van der Waals surface area (Å²) in [4.78, 5) is 0. The van der Waals surface area contributed by atoms with Gasteiger partial charge in [0, 0.05) is 13.2 Å². The summed E-state index contributed by atoms with van der Waals surface area (Å²) < 4.78 is 10.6. The Morgan fingerprint density at radius 1 is 1.36 bits per heavy atom. The van der Waals surface area contributed by atoms with Crippen LogP contribution in [0.3, 0.4) is 0 Å². The van der Waals surface area contributed by atoms with E-state index in [0.717, 1.165) is 31.8 Å². The van der Waals surface area contributed by atoms with E-state index < -0.39 is 0 Å². The molecule has 1 fully saturated rings. The lowest BCUT2D eigenvalue weighted by molar-refractivity contribution is 0.0560. The molecule has 1 aliphatic heterocycles. The molecule has 0 radical (unpaired) electrons. The van der Waals surface area contributed by atoms with Gasteiger partial charge < -0.3 is 14.9 Å². The van der Waals surface area contributed by atoms with Crippen LogP contribution in [0.5, 0.6) is 0 Å². The molecule has 0 unspecified atom stereocenters. The average molecular weight is 218 g/mol. The zero-order chi connectivity index (χ0) is 9.10. The van der Waals surface area contributed by atoms with Crippen LogP contribution in [0.25, 0.3) is 0 Å². The van der Waals surface area contributed by atoms with Crippen LogP contribution in [0.4, 0.5) is 0 Å². The molecule has 1 aromatic rings. The zero-order valence-corrected chi connectivity index (χ0v) is 8.83. The number of halogens is 1. The standard InChI is InChI=1S/C10H15NO2.ClH/c11-10(9-2-1-5-13-9)8-3-6-12-7-4-8;/h1-2,5,8,10H,3-4,6-7,11H2;1H/t10-;/m0./s1. The molecule has 0 aromatic carbocycles. The second-order valence-corrected chi connectivity index (χ2v) is 3.49. The van der Waals surface area contributed by atoms with E-state index in [1.807, 2.05) is 12.1 Å². The third kappa shape index (κ3) is 2.50. The van der Waals surface area contributed by atoms with Gasteiger partial charge in [-0.15, -0.1) is 12.4 Å². The molecule has 0 bridgehead atoms. The van der Waals surface area contributed by atoms with Crippen LogP contribution in [-0.2, 0) is 4.74 Å². The third-order valence-electron chi connectivity index (χ3n) is 2.65. The van der Waals surface area contributed by atoms with E-state index in [1.165, 1.54) is 0 Å². The summed E-state index contributed by atoms with van der Waals surface area (Å²) in [5, 5.41) is 0. The van der Waals surface area contributed by atoms with Gasteiger partial charge in [-0.1, -0.05) is 0 Å². The summed E-state index contributed by atoms with van der Waals surface area (Å²) in [6.07, 6.45) is 3.76. The Balaban J connectivity index is 0.000000980. The molecular formula is C10H16ClNO2. The Morgan fingerprint density at radius 3 is 2.64 bits per heavy atom. The minimum absolute atomic E-state index is 0. The average Bonchev–Trinajstić information content (AvgIpc) is 2.71. The van der Waals surface area contributed by atoms with Gasteiger partial charge in [0.2, 0.25) is 0 Å². The Hall–Kier alpha value is -0.510. The highest BCUT2D eigenvalue weighted by molar-refractivity contribution is 5.85. The molecule has 0 spiro atoms. The van der Waals surface area contributed by atoms with Crippen molar-refractivity contribution >= 4 is 12.4 Å². The van der Waals surface area contributed by atoms with Gasteiger partial charge in [0.05, 0.1) is 12.3 Å². The molecule has 1 aliphatic rings. The predicted octanol–water partition coefficient (Wildman–Crippen LogP) is 2.13. The van der Waals surface area contributed by atoms with Crippen molar-refractivity contribution in [3.05, 3.63) is 24.2 Å². The fourth-order valence-electron chi connectivity index (χ4n) is 1.79. The van der Waals surface area contributed by atoms with Gasteiger partial charge in [-0.05, 0) is 30.9 Å². The van der Waals surface area contributed by atoms with Crippen LogP contribution in [0, 0.1) is 5.92 Å². The molecule has 2 N–H and O–H groups in total. The number of ether oxygens (including phenoxy) is 1. The largest absolute Gasteiger partial charge is 0.468 e. The summed E-state index contributed by atoms with van der Waals surface area (Å²) >= 11 is 0. The van der Waals surface area contributed by atoms with Crippen LogP contribution in [0.1, 0.15) is 24.6 Å². The van der Waals surface area contributed by atoms with Crippen molar-refractivity contribution in [3.8, 4) is 0 Å². The van der Waals surface area contributed by atoms with Crippen molar-refractivity contribution in [1.82, 2.24) is 0 Å². The topological polar surface area (TPSA) is 48.4 Å². The Kier molecular flexibility index (Phi) is 4.45. The van der Waals surface area contributed by atoms with Crippen molar-refractivity contribution in [1.29, 1.82) is 0 Å². The molecule has 2 heterocycles. The van der Waals surface area contributed by atoms with E-state index in [9.17, 15) is 0 Å². The third-order valence-corrected chi connectivity index (χ3v) is 2.65. The second-order valence-electron chi connectivity index (χ2n) is 3.49. The van der Waals surface area contributed by atoms with Gasteiger partial charge in [0.15, 0.2) is 0 Å². The van der Waals surface area contributed by atoms with Crippen LogP contribution in [0.15, 0.2) is 22.8 Å². The van der Waals surface area contributed by atoms with Crippen LogP contribution in [-0.4, -0.2) is 13.2 Å². The monoisotopic (exact) mass is 217 g/mol. The molecule has 1 aromatic heterocycles. The smallest absolute Gasteiger partial charge is 0.120 e. The normalized spacial score (nSPS) is 20.1. The highest BCUT2D eigenvalue weighted by Crippen LogP contribution is 2.27. The van der Waals surface area contributed by atoms with Crippen LogP contribution in [0.2, 0.25) is 0 Å². The van der Waals surface area contributed by atoms with Gasteiger partial charge in [-0.2, -0.15) is 0 Å². The quantitative estimate of drug-likeness (QED) is 0.826. The first-order valence-electron chi connectivity index (χ1n) is 4.74. The number of rotatable bonds is 2. The molecule has 80 valence electrons. The minimum Gasteiger partial charge on any atom is -0.468 e. The molecule has 1 saturated heterocycles. The van der Waals surface area contributed by atoms with E-state index in [1.54, 1.807) is 6.26 Å². The first kappa shape index (κ1) is 11.6. The summed E-state index contributed by atoms with van der Waals surface area (Å²) in [6, 6.07) is 3.87. The molecule has 4 heteroatoms. The molecule has 0 aliphatic carbocycles. The Labute approximate surface area is 90.0 Å². The fourth-order valence-corrected chi connectivity index (χ4v) is 1.79. The van der Waals surface area contributed by atoms with Crippen LogP contribution >= 0.6 is 12.4 Å². The van der Waals surface area contributed by atoms with E-state index in [-0.39, 0.29) is 18.4 Å². The minimum atomic E-state index is 0. The van der Waals surface area contributed by atoms with E-state index >= 15 is 0 Å². The first-order valence-corrected chi connectivity index (χ1v) is 4.74. The van der Waals surface area contributed by atoms with E-state index in [4.69, 9.17) is 14.9 Å². The van der Waals surface area contributed by atoms with E-state index in [0.29, 0.717) is 5.92 Å². The molecule has 0 amide bonds. The number of hydrogen-bond donors (Lipinski definition) is 1. The van der Waals surface area contributed by atoms with Crippen molar-refractivity contribution in [2.75, 3.05) is 13.2 Å². The summed E-state index contributed by atoms with van der Waals surface area (Å²) in [5.74, 6) is 1.41. The molecule has 3 nitrogen and oxygen atoms in total. The SMILES string of the molecule is Cl.N[C@H](c1ccco1)C1CCOCC1. The molecule has 1 atom stereocenters. The van der Waals surface area contributed by atoms with Gasteiger partial charge in [-0.25, -0.2) is 0 Å². The summed E-state index contributed by atoms with van der Waals surface area (Å²) in [5.41, 5.74) is 6.06. The maximum Gasteiger partial charge on any atom is 0.120 e.